The molecule has 66 valence electrons. The first-order valence-corrected chi connectivity index (χ1v) is 4.61. The van der Waals surface area contributed by atoms with Crippen LogP contribution in [-0.4, -0.2) is 24.4 Å². The molecule has 2 heteroatoms. The Bertz CT molecular complexity index is 102. The minimum atomic E-state index is 0.296. The Morgan fingerprint density at radius 3 is 2.73 bits per heavy atom. The molecule has 1 rings (SSSR count). The molecular weight excluding hydrogens is 140 g/mol. The Hall–Kier alpha value is -0.0800. The van der Waals surface area contributed by atoms with Crippen LogP contribution in [0.1, 0.15) is 32.6 Å². The summed E-state index contributed by atoms with van der Waals surface area (Å²) < 4.78 is 5.53. The lowest BCUT2D eigenvalue weighted by Gasteiger charge is -2.29. The summed E-state index contributed by atoms with van der Waals surface area (Å²) in [6, 6.07) is 0. The molecule has 0 aromatic heterocycles. The molecule has 1 saturated carbocycles. The Labute approximate surface area is 68.6 Å². The lowest BCUT2D eigenvalue weighted by atomic mass is 9.87. The van der Waals surface area contributed by atoms with Gasteiger partial charge in [-0.3, -0.25) is 0 Å². The van der Waals surface area contributed by atoms with E-state index in [0.717, 1.165) is 19.4 Å². The number of rotatable bonds is 3. The van der Waals surface area contributed by atoms with Gasteiger partial charge in [-0.05, 0) is 19.8 Å². The summed E-state index contributed by atoms with van der Waals surface area (Å²) >= 11 is 0. The van der Waals surface area contributed by atoms with Crippen LogP contribution in [0.15, 0.2) is 0 Å². The van der Waals surface area contributed by atoms with Crippen molar-refractivity contribution in [3.63, 3.8) is 0 Å². The molecule has 0 saturated heterocycles. The van der Waals surface area contributed by atoms with Crippen LogP contribution in [0.4, 0.5) is 0 Å². The van der Waals surface area contributed by atoms with Gasteiger partial charge in [0.05, 0.1) is 6.10 Å². The standard InChI is InChI=1S/C9H18O2/c1-2-11-9-6-4-3-5-8(9)7-10/h8-10H,2-7H2,1H3. The van der Waals surface area contributed by atoms with E-state index in [0.29, 0.717) is 18.6 Å². The monoisotopic (exact) mass is 158 g/mol. The number of hydrogen-bond donors (Lipinski definition) is 1. The molecule has 2 atom stereocenters. The molecule has 1 aliphatic rings. The Morgan fingerprint density at radius 2 is 2.09 bits per heavy atom. The second-order valence-corrected chi connectivity index (χ2v) is 3.22. The maximum atomic E-state index is 9.01. The summed E-state index contributed by atoms with van der Waals surface area (Å²) in [5, 5.41) is 9.01. The summed E-state index contributed by atoms with van der Waals surface area (Å²) in [4.78, 5) is 0. The summed E-state index contributed by atoms with van der Waals surface area (Å²) in [6.07, 6.45) is 5.13. The molecule has 0 heterocycles. The lowest BCUT2D eigenvalue weighted by molar-refractivity contribution is -0.0227. The fourth-order valence-electron chi connectivity index (χ4n) is 1.82. The van der Waals surface area contributed by atoms with Crippen molar-refractivity contribution >= 4 is 0 Å². The Balaban J connectivity index is 2.31. The van der Waals surface area contributed by atoms with Crippen LogP contribution in [0, 0.1) is 5.92 Å². The van der Waals surface area contributed by atoms with Crippen molar-refractivity contribution in [3.05, 3.63) is 0 Å². The third kappa shape index (κ3) is 2.46. The number of aliphatic hydroxyl groups excluding tert-OH is 1. The zero-order chi connectivity index (χ0) is 8.10. The van der Waals surface area contributed by atoms with E-state index in [1.807, 2.05) is 6.92 Å². The molecule has 0 spiro atoms. The molecule has 2 unspecified atom stereocenters. The van der Waals surface area contributed by atoms with Gasteiger partial charge in [0.2, 0.25) is 0 Å². The van der Waals surface area contributed by atoms with Crippen LogP contribution in [0.5, 0.6) is 0 Å². The smallest absolute Gasteiger partial charge is 0.0625 e. The maximum absolute atomic E-state index is 9.01. The van der Waals surface area contributed by atoms with Gasteiger partial charge in [0.1, 0.15) is 0 Å². The van der Waals surface area contributed by atoms with Gasteiger partial charge in [-0.1, -0.05) is 12.8 Å². The van der Waals surface area contributed by atoms with Crippen molar-refractivity contribution in [2.75, 3.05) is 13.2 Å². The second kappa shape index (κ2) is 4.73. The van der Waals surface area contributed by atoms with Gasteiger partial charge in [-0.15, -0.1) is 0 Å². The molecule has 2 nitrogen and oxygen atoms in total. The summed E-state index contributed by atoms with van der Waals surface area (Å²) in [6.45, 7) is 3.09. The van der Waals surface area contributed by atoms with Gasteiger partial charge >= 0.3 is 0 Å². The van der Waals surface area contributed by atoms with Gasteiger partial charge in [0.15, 0.2) is 0 Å². The molecule has 0 bridgehead atoms. The average Bonchev–Trinajstić information content (AvgIpc) is 2.06. The van der Waals surface area contributed by atoms with Gasteiger partial charge in [-0.2, -0.15) is 0 Å². The van der Waals surface area contributed by atoms with Gasteiger partial charge in [0.25, 0.3) is 0 Å². The van der Waals surface area contributed by atoms with Crippen LogP contribution in [0.25, 0.3) is 0 Å². The molecule has 1 fully saturated rings. The van der Waals surface area contributed by atoms with Crippen LogP contribution >= 0.6 is 0 Å². The van der Waals surface area contributed by atoms with Crippen molar-refractivity contribution in [3.8, 4) is 0 Å². The van der Waals surface area contributed by atoms with Crippen LogP contribution in [-0.2, 0) is 4.74 Å². The average molecular weight is 158 g/mol. The van der Waals surface area contributed by atoms with E-state index >= 15 is 0 Å². The van der Waals surface area contributed by atoms with E-state index in [2.05, 4.69) is 0 Å². The highest BCUT2D eigenvalue weighted by Gasteiger charge is 2.24. The largest absolute Gasteiger partial charge is 0.396 e. The molecule has 1 N–H and O–H groups in total. The highest BCUT2D eigenvalue weighted by Crippen LogP contribution is 2.26. The third-order valence-electron chi connectivity index (χ3n) is 2.45. The number of hydrogen-bond acceptors (Lipinski definition) is 2. The molecular formula is C9H18O2. The fourth-order valence-corrected chi connectivity index (χ4v) is 1.82. The summed E-state index contributed by atoms with van der Waals surface area (Å²) in [7, 11) is 0. The van der Waals surface area contributed by atoms with Gasteiger partial charge in [-0.25, -0.2) is 0 Å². The predicted molar refractivity (Wildman–Crippen MR) is 44.5 cm³/mol. The molecule has 11 heavy (non-hydrogen) atoms. The zero-order valence-electron chi connectivity index (χ0n) is 7.25. The number of aliphatic hydroxyl groups is 1. The Kier molecular flexibility index (Phi) is 3.87. The minimum absolute atomic E-state index is 0.296. The van der Waals surface area contributed by atoms with Crippen molar-refractivity contribution < 1.29 is 9.84 Å². The van der Waals surface area contributed by atoms with Gasteiger partial charge in [0, 0.05) is 19.1 Å². The lowest BCUT2D eigenvalue weighted by Crippen LogP contribution is -2.30. The molecule has 0 radical (unpaired) electrons. The number of ether oxygens (including phenoxy) is 1. The first kappa shape index (κ1) is 9.01. The SMILES string of the molecule is CCOC1CCCCC1CO. The van der Waals surface area contributed by atoms with Crippen LogP contribution < -0.4 is 0 Å². The van der Waals surface area contributed by atoms with E-state index in [1.165, 1.54) is 12.8 Å². The minimum Gasteiger partial charge on any atom is -0.396 e. The van der Waals surface area contributed by atoms with E-state index in [9.17, 15) is 0 Å². The second-order valence-electron chi connectivity index (χ2n) is 3.22. The van der Waals surface area contributed by atoms with Crippen LogP contribution in [0.2, 0.25) is 0 Å². The van der Waals surface area contributed by atoms with E-state index in [-0.39, 0.29) is 0 Å². The maximum Gasteiger partial charge on any atom is 0.0625 e. The first-order valence-electron chi connectivity index (χ1n) is 4.61. The molecule has 0 aromatic rings. The van der Waals surface area contributed by atoms with E-state index in [4.69, 9.17) is 9.84 Å². The zero-order valence-corrected chi connectivity index (χ0v) is 7.25. The molecule has 1 aliphatic carbocycles. The van der Waals surface area contributed by atoms with Crippen molar-refractivity contribution in [1.29, 1.82) is 0 Å². The van der Waals surface area contributed by atoms with E-state index < -0.39 is 0 Å². The quantitative estimate of drug-likeness (QED) is 0.675. The normalized spacial score (nSPS) is 32.2. The molecule has 0 amide bonds. The highest BCUT2D eigenvalue weighted by atomic mass is 16.5. The third-order valence-corrected chi connectivity index (χ3v) is 2.45. The van der Waals surface area contributed by atoms with Crippen molar-refractivity contribution in [2.24, 2.45) is 5.92 Å². The van der Waals surface area contributed by atoms with Crippen molar-refractivity contribution in [1.82, 2.24) is 0 Å². The Morgan fingerprint density at radius 1 is 1.36 bits per heavy atom. The van der Waals surface area contributed by atoms with E-state index in [1.54, 1.807) is 0 Å². The molecule has 0 aliphatic heterocycles. The topological polar surface area (TPSA) is 29.5 Å². The van der Waals surface area contributed by atoms with Gasteiger partial charge < -0.3 is 9.84 Å². The fraction of sp³-hybridized carbons (Fsp3) is 1.00. The summed E-state index contributed by atoms with van der Waals surface area (Å²) in [5.74, 6) is 0.406. The summed E-state index contributed by atoms with van der Waals surface area (Å²) in [5.41, 5.74) is 0. The van der Waals surface area contributed by atoms with Crippen molar-refractivity contribution in [2.45, 2.75) is 38.7 Å². The predicted octanol–water partition coefficient (Wildman–Crippen LogP) is 1.57. The highest BCUT2D eigenvalue weighted by molar-refractivity contribution is 4.74. The van der Waals surface area contributed by atoms with Crippen LogP contribution in [0.3, 0.4) is 0 Å². The molecule has 0 aromatic carbocycles. The first-order chi connectivity index (χ1) is 5.38.